The zero-order valence-electron chi connectivity index (χ0n) is 28.7. The highest BCUT2D eigenvalue weighted by atomic mass is 16.3. The minimum Gasteiger partial charge on any atom is -0.456 e. The van der Waals surface area contributed by atoms with Gasteiger partial charge in [0, 0.05) is 38.8 Å². The van der Waals surface area contributed by atoms with Gasteiger partial charge >= 0.3 is 0 Å². The molecule has 0 aliphatic rings. The van der Waals surface area contributed by atoms with Crippen LogP contribution in [0.3, 0.4) is 0 Å². The molecule has 2 aromatic heterocycles. The van der Waals surface area contributed by atoms with Gasteiger partial charge in [-0.05, 0) is 82.9 Å². The lowest BCUT2D eigenvalue weighted by atomic mass is 10.00. The number of aromatic nitrogens is 1. The Morgan fingerprint density at radius 1 is 0.358 bits per heavy atom. The topological polar surface area (TPSA) is 42.4 Å². The molecule has 4 heteroatoms. The molecule has 0 saturated carbocycles. The second kappa shape index (κ2) is 12.9. The third kappa shape index (κ3) is 5.54. The summed E-state index contributed by atoms with van der Waals surface area (Å²) in [5.41, 5.74) is 14.1. The van der Waals surface area contributed by atoms with Crippen LogP contribution in [0.4, 0.5) is 17.1 Å². The van der Waals surface area contributed by atoms with Crippen LogP contribution in [-0.2, 0) is 0 Å². The van der Waals surface area contributed by atoms with Crippen molar-refractivity contribution in [2.24, 2.45) is 0 Å². The number of benzene rings is 8. The fourth-order valence-electron chi connectivity index (χ4n) is 7.35. The Morgan fingerprint density at radius 3 is 1.68 bits per heavy atom. The number of anilines is 3. The van der Waals surface area contributed by atoms with Crippen LogP contribution >= 0.6 is 0 Å². The van der Waals surface area contributed by atoms with Crippen molar-refractivity contribution in [3.05, 3.63) is 194 Å². The molecule has 0 radical (unpaired) electrons. The predicted molar refractivity (Wildman–Crippen MR) is 218 cm³/mol. The minimum atomic E-state index is 0.564. The minimum absolute atomic E-state index is 0.564. The van der Waals surface area contributed by atoms with Gasteiger partial charge in [-0.2, -0.15) is 0 Å². The molecular formula is C49H32N2O2. The fourth-order valence-corrected chi connectivity index (χ4v) is 7.35. The third-order valence-electron chi connectivity index (χ3n) is 9.94. The Kier molecular flexibility index (Phi) is 7.43. The Balaban J connectivity index is 1.04. The van der Waals surface area contributed by atoms with Gasteiger partial charge in [-0.15, -0.1) is 0 Å². The van der Waals surface area contributed by atoms with E-state index in [4.69, 9.17) is 13.8 Å². The summed E-state index contributed by atoms with van der Waals surface area (Å²) < 4.78 is 12.5. The molecule has 0 amide bonds. The highest BCUT2D eigenvalue weighted by Crippen LogP contribution is 2.42. The first-order valence-corrected chi connectivity index (χ1v) is 17.8. The molecule has 2 heterocycles. The molecule has 10 rings (SSSR count). The van der Waals surface area contributed by atoms with Crippen LogP contribution in [0.25, 0.3) is 77.9 Å². The molecule has 0 unspecified atom stereocenters. The van der Waals surface area contributed by atoms with E-state index in [0.29, 0.717) is 5.89 Å². The van der Waals surface area contributed by atoms with Crippen LogP contribution in [-0.4, -0.2) is 4.98 Å². The smallest absolute Gasteiger partial charge is 0.227 e. The van der Waals surface area contributed by atoms with Gasteiger partial charge in [0.2, 0.25) is 5.89 Å². The van der Waals surface area contributed by atoms with E-state index in [2.05, 4.69) is 163 Å². The van der Waals surface area contributed by atoms with Crippen molar-refractivity contribution in [1.29, 1.82) is 0 Å². The normalized spacial score (nSPS) is 11.4. The van der Waals surface area contributed by atoms with E-state index in [1.807, 2.05) is 36.4 Å². The number of nitrogens with zero attached hydrogens (tertiary/aromatic N) is 2. The largest absolute Gasteiger partial charge is 0.456 e. The molecule has 0 aliphatic carbocycles. The van der Waals surface area contributed by atoms with Gasteiger partial charge in [0.05, 0.1) is 5.69 Å². The second-order valence-corrected chi connectivity index (χ2v) is 13.2. The lowest BCUT2D eigenvalue weighted by Gasteiger charge is -2.28. The Bertz CT molecular complexity index is 2870. The maximum atomic E-state index is 6.35. The molecule has 250 valence electrons. The Labute approximate surface area is 306 Å². The number of rotatable bonds is 7. The summed E-state index contributed by atoms with van der Waals surface area (Å²) in [6, 6.07) is 67.6. The van der Waals surface area contributed by atoms with Gasteiger partial charge in [0.1, 0.15) is 16.7 Å². The van der Waals surface area contributed by atoms with Crippen molar-refractivity contribution < 1.29 is 8.83 Å². The quantitative estimate of drug-likeness (QED) is 0.168. The third-order valence-corrected chi connectivity index (χ3v) is 9.94. The van der Waals surface area contributed by atoms with Gasteiger partial charge in [-0.3, -0.25) is 0 Å². The van der Waals surface area contributed by atoms with Crippen LogP contribution in [0.5, 0.6) is 0 Å². The van der Waals surface area contributed by atoms with E-state index in [-0.39, 0.29) is 0 Å². The van der Waals surface area contributed by atoms with E-state index < -0.39 is 0 Å². The van der Waals surface area contributed by atoms with Crippen molar-refractivity contribution in [1.82, 2.24) is 4.98 Å². The number of hydrogen-bond acceptors (Lipinski definition) is 4. The zero-order valence-corrected chi connectivity index (χ0v) is 28.7. The van der Waals surface area contributed by atoms with E-state index in [1.165, 1.54) is 16.7 Å². The number of fused-ring (bicyclic) bond motifs is 4. The van der Waals surface area contributed by atoms with E-state index in [1.54, 1.807) is 0 Å². The summed E-state index contributed by atoms with van der Waals surface area (Å²) in [4.78, 5) is 7.37. The van der Waals surface area contributed by atoms with Gasteiger partial charge in [-0.25, -0.2) is 4.98 Å². The molecular weight excluding hydrogens is 649 g/mol. The average molecular weight is 681 g/mol. The second-order valence-electron chi connectivity index (χ2n) is 13.2. The van der Waals surface area contributed by atoms with Crippen LogP contribution in [0.2, 0.25) is 0 Å². The average Bonchev–Trinajstić information content (AvgIpc) is 3.84. The molecule has 0 fully saturated rings. The first-order chi connectivity index (χ1) is 26.3. The first kappa shape index (κ1) is 30.6. The summed E-state index contributed by atoms with van der Waals surface area (Å²) >= 11 is 0. The number of para-hydroxylation sites is 3. The van der Waals surface area contributed by atoms with Crippen molar-refractivity contribution in [2.75, 3.05) is 4.90 Å². The fraction of sp³-hybridized carbons (Fsp3) is 0. The predicted octanol–water partition coefficient (Wildman–Crippen LogP) is 13.9. The Morgan fingerprint density at radius 2 is 0.906 bits per heavy atom. The molecule has 4 nitrogen and oxygen atoms in total. The highest BCUT2D eigenvalue weighted by molar-refractivity contribution is 6.06. The highest BCUT2D eigenvalue weighted by Gasteiger charge is 2.19. The van der Waals surface area contributed by atoms with Crippen LogP contribution in [0.15, 0.2) is 203 Å². The van der Waals surface area contributed by atoms with Crippen molar-refractivity contribution in [3.8, 4) is 44.8 Å². The molecule has 0 atom stereocenters. The summed E-state index contributed by atoms with van der Waals surface area (Å²) in [5.74, 6) is 0.564. The maximum absolute atomic E-state index is 6.35. The molecule has 10 aromatic rings. The molecule has 0 N–H and O–H groups in total. The van der Waals surface area contributed by atoms with Gasteiger partial charge < -0.3 is 13.7 Å². The molecule has 0 spiro atoms. The summed E-state index contributed by atoms with van der Waals surface area (Å²) in [7, 11) is 0. The maximum Gasteiger partial charge on any atom is 0.227 e. The lowest BCUT2D eigenvalue weighted by Crippen LogP contribution is -2.11. The van der Waals surface area contributed by atoms with Crippen LogP contribution in [0.1, 0.15) is 0 Å². The molecule has 0 bridgehead atoms. The first-order valence-electron chi connectivity index (χ1n) is 17.8. The van der Waals surface area contributed by atoms with Crippen LogP contribution in [0, 0.1) is 0 Å². The van der Waals surface area contributed by atoms with Gasteiger partial charge in [-0.1, -0.05) is 133 Å². The number of oxazole rings is 1. The molecule has 8 aromatic carbocycles. The van der Waals surface area contributed by atoms with Crippen molar-refractivity contribution in [3.63, 3.8) is 0 Å². The molecule has 0 aliphatic heterocycles. The lowest BCUT2D eigenvalue weighted by molar-refractivity contribution is 0.619. The molecule has 0 saturated heterocycles. The standard InChI is InChI=1S/C49H32N2O2/c1-3-12-33(13-4-1)34-22-27-38(28-23-34)51(44-19-9-7-16-40(44)35-14-5-2-6-15-35)39-29-24-36(25-30-39)41-18-11-21-46-48(41)50-49(53-46)37-26-31-43-42-17-8-10-20-45(42)52-47(43)32-37/h1-32H. The SMILES string of the molecule is c1ccc(-c2ccc(N(c3ccc(-c4cccc5oc(-c6ccc7c(c6)oc6ccccc67)nc45)cc3)c3ccccc3-c3ccccc3)cc2)cc1. The summed E-state index contributed by atoms with van der Waals surface area (Å²) in [5, 5.41) is 2.18. The number of furan rings is 1. The van der Waals surface area contributed by atoms with E-state index in [0.717, 1.165) is 72.4 Å². The van der Waals surface area contributed by atoms with E-state index in [9.17, 15) is 0 Å². The number of hydrogen-bond donors (Lipinski definition) is 0. The van der Waals surface area contributed by atoms with Crippen molar-refractivity contribution >= 4 is 50.1 Å². The summed E-state index contributed by atoms with van der Waals surface area (Å²) in [6.45, 7) is 0. The monoisotopic (exact) mass is 680 g/mol. The van der Waals surface area contributed by atoms with Crippen LogP contribution < -0.4 is 4.90 Å². The Hall–Kier alpha value is -7.17. The zero-order chi connectivity index (χ0) is 35.1. The van der Waals surface area contributed by atoms with Gasteiger partial charge in [0.25, 0.3) is 0 Å². The molecule has 53 heavy (non-hydrogen) atoms. The van der Waals surface area contributed by atoms with Crippen molar-refractivity contribution in [2.45, 2.75) is 0 Å². The van der Waals surface area contributed by atoms with Gasteiger partial charge in [0.15, 0.2) is 5.58 Å². The summed E-state index contributed by atoms with van der Waals surface area (Å²) in [6.07, 6.45) is 0. The van der Waals surface area contributed by atoms with E-state index >= 15 is 0 Å².